The average molecular weight is 321 g/mol. The van der Waals surface area contributed by atoms with E-state index in [0.29, 0.717) is 11.9 Å². The Morgan fingerprint density at radius 1 is 0.913 bits per heavy atom. The first kappa shape index (κ1) is 16.7. The molecule has 1 atom stereocenters. The number of hydrogen-bond donors (Lipinski definition) is 1. The van der Waals surface area contributed by atoms with Gasteiger partial charge in [-0.05, 0) is 58.5 Å². The number of nitrogens with one attached hydrogen (secondary N) is 1. The first-order valence-corrected chi connectivity index (χ1v) is 9.48. The Hall–Kier alpha value is -1.10. The van der Waals surface area contributed by atoms with Crippen LogP contribution in [0.25, 0.3) is 0 Å². The SMILES string of the molecule is C[C@H](C(=O)NC1CCCC1)N1CCC(C(=O)N2CCCC2)CC1. The zero-order chi connectivity index (χ0) is 16.2. The van der Waals surface area contributed by atoms with Gasteiger partial charge in [-0.25, -0.2) is 0 Å². The van der Waals surface area contributed by atoms with Crippen molar-refractivity contribution >= 4 is 11.8 Å². The summed E-state index contributed by atoms with van der Waals surface area (Å²) >= 11 is 0. The van der Waals surface area contributed by atoms with E-state index in [1.54, 1.807) is 0 Å². The lowest BCUT2D eigenvalue weighted by Gasteiger charge is -2.36. The molecule has 2 aliphatic heterocycles. The van der Waals surface area contributed by atoms with Gasteiger partial charge in [-0.15, -0.1) is 0 Å². The summed E-state index contributed by atoms with van der Waals surface area (Å²) in [6.07, 6.45) is 8.85. The molecule has 0 aromatic rings. The molecule has 5 heteroatoms. The third-order valence-corrected chi connectivity index (χ3v) is 5.93. The van der Waals surface area contributed by atoms with Crippen molar-refractivity contribution in [3.63, 3.8) is 0 Å². The summed E-state index contributed by atoms with van der Waals surface area (Å²) in [5.41, 5.74) is 0. The predicted molar refractivity (Wildman–Crippen MR) is 90.0 cm³/mol. The van der Waals surface area contributed by atoms with Gasteiger partial charge in [0.15, 0.2) is 0 Å². The highest BCUT2D eigenvalue weighted by Gasteiger charge is 2.33. The molecule has 130 valence electrons. The molecule has 0 radical (unpaired) electrons. The van der Waals surface area contributed by atoms with Gasteiger partial charge in [-0.2, -0.15) is 0 Å². The zero-order valence-electron chi connectivity index (χ0n) is 14.4. The van der Waals surface area contributed by atoms with Crippen LogP contribution in [0.5, 0.6) is 0 Å². The summed E-state index contributed by atoms with van der Waals surface area (Å²) in [6.45, 7) is 5.62. The predicted octanol–water partition coefficient (Wildman–Crippen LogP) is 1.77. The quantitative estimate of drug-likeness (QED) is 0.858. The number of piperidine rings is 1. The minimum absolute atomic E-state index is 0.0709. The number of amides is 2. The van der Waals surface area contributed by atoms with Crippen LogP contribution >= 0.6 is 0 Å². The lowest BCUT2D eigenvalue weighted by Crippen LogP contribution is -2.51. The van der Waals surface area contributed by atoms with Crippen LogP contribution in [-0.2, 0) is 9.59 Å². The van der Waals surface area contributed by atoms with E-state index in [-0.39, 0.29) is 17.9 Å². The Kier molecular flexibility index (Phi) is 5.57. The van der Waals surface area contributed by atoms with Gasteiger partial charge in [0, 0.05) is 25.0 Å². The van der Waals surface area contributed by atoms with Gasteiger partial charge < -0.3 is 10.2 Å². The molecule has 2 saturated heterocycles. The minimum Gasteiger partial charge on any atom is -0.352 e. The summed E-state index contributed by atoms with van der Waals surface area (Å²) in [5.74, 6) is 0.695. The van der Waals surface area contributed by atoms with Crippen LogP contribution in [0.1, 0.15) is 58.3 Å². The van der Waals surface area contributed by atoms with Crippen LogP contribution in [-0.4, -0.2) is 59.9 Å². The molecule has 3 fully saturated rings. The van der Waals surface area contributed by atoms with Gasteiger partial charge in [0.1, 0.15) is 0 Å². The average Bonchev–Trinajstić information content (AvgIpc) is 3.27. The molecule has 0 aromatic heterocycles. The number of rotatable bonds is 4. The summed E-state index contributed by atoms with van der Waals surface area (Å²) in [7, 11) is 0. The molecule has 3 aliphatic rings. The first-order valence-electron chi connectivity index (χ1n) is 9.48. The maximum Gasteiger partial charge on any atom is 0.237 e. The van der Waals surface area contributed by atoms with Crippen LogP contribution in [0.15, 0.2) is 0 Å². The van der Waals surface area contributed by atoms with Gasteiger partial charge in [0.2, 0.25) is 11.8 Å². The maximum atomic E-state index is 12.5. The minimum atomic E-state index is -0.0709. The Morgan fingerprint density at radius 2 is 1.52 bits per heavy atom. The Labute approximate surface area is 139 Å². The Balaban J connectivity index is 1.44. The first-order chi connectivity index (χ1) is 11.1. The van der Waals surface area contributed by atoms with Crippen LogP contribution in [0, 0.1) is 5.92 Å². The molecule has 0 unspecified atom stereocenters. The maximum absolute atomic E-state index is 12.5. The molecule has 0 spiro atoms. The number of carbonyl (C=O) groups is 2. The van der Waals surface area contributed by atoms with Crippen molar-refractivity contribution in [2.24, 2.45) is 5.92 Å². The van der Waals surface area contributed by atoms with E-state index in [1.807, 2.05) is 11.8 Å². The zero-order valence-corrected chi connectivity index (χ0v) is 14.4. The normalized spacial score (nSPS) is 25.7. The fraction of sp³-hybridized carbons (Fsp3) is 0.889. The summed E-state index contributed by atoms with van der Waals surface area (Å²) in [6, 6.07) is 0.317. The van der Waals surface area contributed by atoms with Crippen molar-refractivity contribution in [3.8, 4) is 0 Å². The third-order valence-electron chi connectivity index (χ3n) is 5.93. The third kappa shape index (κ3) is 4.06. The molecule has 3 rings (SSSR count). The standard InChI is InChI=1S/C18H31N3O2/c1-14(17(22)19-16-6-2-3-7-16)20-12-8-15(9-13-20)18(23)21-10-4-5-11-21/h14-16H,2-13H2,1H3,(H,19,22)/t14-/m1/s1. The molecular formula is C18H31N3O2. The molecule has 2 amide bonds. The number of carbonyl (C=O) groups excluding carboxylic acids is 2. The highest BCUT2D eigenvalue weighted by Crippen LogP contribution is 2.24. The van der Waals surface area contributed by atoms with Gasteiger partial charge in [-0.1, -0.05) is 12.8 Å². The van der Waals surface area contributed by atoms with Gasteiger partial charge in [-0.3, -0.25) is 14.5 Å². The van der Waals surface area contributed by atoms with Crippen molar-refractivity contribution in [1.82, 2.24) is 15.1 Å². The summed E-state index contributed by atoms with van der Waals surface area (Å²) in [5, 5.41) is 3.20. The second-order valence-corrected chi connectivity index (χ2v) is 7.51. The van der Waals surface area contributed by atoms with E-state index in [0.717, 1.165) is 64.7 Å². The second kappa shape index (κ2) is 7.65. The van der Waals surface area contributed by atoms with E-state index in [4.69, 9.17) is 0 Å². The van der Waals surface area contributed by atoms with Crippen LogP contribution in [0.3, 0.4) is 0 Å². The fourth-order valence-electron chi connectivity index (χ4n) is 4.29. The van der Waals surface area contributed by atoms with Crippen molar-refractivity contribution in [2.45, 2.75) is 70.4 Å². The van der Waals surface area contributed by atoms with Gasteiger partial charge in [0.05, 0.1) is 6.04 Å². The van der Waals surface area contributed by atoms with E-state index in [2.05, 4.69) is 10.2 Å². The van der Waals surface area contributed by atoms with E-state index < -0.39 is 0 Å². The van der Waals surface area contributed by atoms with E-state index >= 15 is 0 Å². The Bertz CT molecular complexity index is 420. The van der Waals surface area contributed by atoms with Crippen molar-refractivity contribution < 1.29 is 9.59 Å². The highest BCUT2D eigenvalue weighted by atomic mass is 16.2. The topological polar surface area (TPSA) is 52.7 Å². The fourth-order valence-corrected chi connectivity index (χ4v) is 4.29. The van der Waals surface area contributed by atoms with E-state index in [9.17, 15) is 9.59 Å². The molecule has 0 aromatic carbocycles. The van der Waals surface area contributed by atoms with Crippen molar-refractivity contribution in [3.05, 3.63) is 0 Å². The van der Waals surface area contributed by atoms with Gasteiger partial charge >= 0.3 is 0 Å². The number of likely N-dealkylation sites (tertiary alicyclic amines) is 2. The van der Waals surface area contributed by atoms with Crippen molar-refractivity contribution in [2.75, 3.05) is 26.2 Å². The van der Waals surface area contributed by atoms with Crippen molar-refractivity contribution in [1.29, 1.82) is 0 Å². The molecule has 1 N–H and O–H groups in total. The molecular weight excluding hydrogens is 290 g/mol. The summed E-state index contributed by atoms with van der Waals surface area (Å²) < 4.78 is 0. The van der Waals surface area contributed by atoms with E-state index in [1.165, 1.54) is 12.8 Å². The summed E-state index contributed by atoms with van der Waals surface area (Å²) in [4.78, 5) is 29.2. The molecule has 23 heavy (non-hydrogen) atoms. The van der Waals surface area contributed by atoms with Gasteiger partial charge in [0.25, 0.3) is 0 Å². The number of hydrogen-bond acceptors (Lipinski definition) is 3. The van der Waals surface area contributed by atoms with Crippen LogP contribution in [0.4, 0.5) is 0 Å². The highest BCUT2D eigenvalue weighted by molar-refractivity contribution is 5.82. The Morgan fingerprint density at radius 3 is 2.13 bits per heavy atom. The lowest BCUT2D eigenvalue weighted by molar-refractivity contribution is -0.136. The lowest BCUT2D eigenvalue weighted by atomic mass is 9.94. The number of nitrogens with zero attached hydrogens (tertiary/aromatic N) is 2. The molecule has 1 saturated carbocycles. The smallest absolute Gasteiger partial charge is 0.237 e. The molecule has 1 aliphatic carbocycles. The van der Waals surface area contributed by atoms with Crippen LogP contribution in [0.2, 0.25) is 0 Å². The largest absolute Gasteiger partial charge is 0.352 e. The molecule has 0 bridgehead atoms. The van der Waals surface area contributed by atoms with Crippen LogP contribution < -0.4 is 5.32 Å². The monoisotopic (exact) mass is 321 g/mol. The molecule has 5 nitrogen and oxygen atoms in total. The second-order valence-electron chi connectivity index (χ2n) is 7.51. The molecule has 2 heterocycles.